The number of nitrogens with one attached hydrogen (secondary N) is 1. The molecule has 0 unspecified atom stereocenters. The number of amides is 1. The number of hydrogen-bond acceptors (Lipinski definition) is 9. The molecule has 0 aromatic heterocycles. The van der Waals surface area contributed by atoms with Crippen LogP contribution in [0.25, 0.3) is 0 Å². The van der Waals surface area contributed by atoms with Crippen LogP contribution >= 0.6 is 23.2 Å². The van der Waals surface area contributed by atoms with E-state index in [0.29, 0.717) is 36.9 Å². The van der Waals surface area contributed by atoms with E-state index >= 15 is 0 Å². The summed E-state index contributed by atoms with van der Waals surface area (Å²) >= 11 is 12.0. The number of methoxy groups -OCH3 is 2. The summed E-state index contributed by atoms with van der Waals surface area (Å²) in [5, 5.41) is 5.05. The summed E-state index contributed by atoms with van der Waals surface area (Å²) in [6.45, 7) is 15.2. The van der Waals surface area contributed by atoms with Gasteiger partial charge in [0, 0.05) is 81.5 Å². The Morgan fingerprint density at radius 3 is 1.54 bits per heavy atom. The summed E-state index contributed by atoms with van der Waals surface area (Å²) in [5.74, 6) is -0.211. The Morgan fingerprint density at radius 2 is 1.18 bits per heavy atom. The van der Waals surface area contributed by atoms with E-state index in [0.717, 1.165) is 87.8 Å². The summed E-state index contributed by atoms with van der Waals surface area (Å²) in [7, 11) is 3.65. The fourth-order valence-corrected chi connectivity index (χ4v) is 8.52. The van der Waals surface area contributed by atoms with Gasteiger partial charge in [-0.05, 0) is 128 Å². The number of benzene rings is 2. The zero-order chi connectivity index (χ0) is 40.0. The lowest BCUT2D eigenvalue weighted by molar-refractivity contribution is -0.140. The zero-order valence-corrected chi connectivity index (χ0v) is 35.7. The summed E-state index contributed by atoms with van der Waals surface area (Å²) in [4.78, 5) is 29.3. The first-order valence-corrected chi connectivity index (χ1v) is 20.9. The second kappa shape index (κ2) is 23.8. The number of nitrogens with zero attached hydrogens (tertiary/aromatic N) is 3. The minimum atomic E-state index is -0.446. The van der Waals surface area contributed by atoms with Crippen molar-refractivity contribution in [1.82, 2.24) is 20.0 Å². The van der Waals surface area contributed by atoms with Crippen LogP contribution in [0.15, 0.2) is 48.5 Å². The largest absolute Gasteiger partial charge is 0.466 e. The molecule has 12 heteroatoms. The minimum Gasteiger partial charge on any atom is -0.466 e. The smallest absolute Gasteiger partial charge is 0.410 e. The van der Waals surface area contributed by atoms with Crippen LogP contribution in [0.1, 0.15) is 91.7 Å². The number of ether oxygens (including phenoxy) is 4. The topological polar surface area (TPSA) is 92.8 Å². The molecule has 4 aliphatic rings. The van der Waals surface area contributed by atoms with Crippen molar-refractivity contribution >= 4 is 35.3 Å². The lowest BCUT2D eigenvalue weighted by Crippen LogP contribution is -2.49. The quantitative estimate of drug-likeness (QED) is 0.251. The fraction of sp³-hybridized carbons (Fsp3) is 0.682. The van der Waals surface area contributed by atoms with Crippen molar-refractivity contribution in [2.45, 2.75) is 135 Å². The molecule has 1 N–H and O–H groups in total. The molecule has 316 valence electrons. The predicted molar refractivity (Wildman–Crippen MR) is 228 cm³/mol. The average molecular weight is 822 g/mol. The third-order valence-electron chi connectivity index (χ3n) is 11.0. The molecule has 4 aliphatic heterocycles. The standard InChI is InChI=1S/C22H33ClN2O3.C17H25ClN2O.C4H8O2.CH4/c1-22(2,3)28-21(26)24-11-9-18(10-12-24)25-15-20(27-4)14-19(25)13-16-5-7-17(23)8-6-16;1-21-17-11-16(10-13-2-4-14(18)5-3-13)20(12-17)15-6-8-19-9-7-15;1-3-6-4(2)5;/h5-8,18-20H,9-15H2,1-4H3;2-5,15-17,19H,6-12H2,1H3;3H2,1-2H3;1H4/t19-,20-;16-,17-;;/m00../s1. The van der Waals surface area contributed by atoms with Crippen LogP contribution in [-0.4, -0.2) is 129 Å². The fourth-order valence-electron chi connectivity index (χ4n) is 8.27. The van der Waals surface area contributed by atoms with E-state index in [9.17, 15) is 9.59 Å². The average Bonchev–Trinajstić information content (AvgIpc) is 3.77. The molecule has 4 fully saturated rings. The van der Waals surface area contributed by atoms with Crippen LogP contribution in [0, 0.1) is 0 Å². The van der Waals surface area contributed by atoms with Crippen LogP contribution in [0.2, 0.25) is 10.0 Å². The van der Waals surface area contributed by atoms with Gasteiger partial charge in [0.25, 0.3) is 0 Å². The third kappa shape index (κ3) is 15.7. The maximum Gasteiger partial charge on any atom is 0.410 e. The van der Waals surface area contributed by atoms with E-state index in [1.54, 1.807) is 14.0 Å². The summed E-state index contributed by atoms with van der Waals surface area (Å²) in [6, 6.07) is 18.7. The number of likely N-dealkylation sites (tertiary alicyclic amines) is 3. The first-order valence-electron chi connectivity index (χ1n) is 20.2. The number of halogens is 2. The number of carbonyl (C=O) groups is 2. The number of esters is 1. The highest BCUT2D eigenvalue weighted by atomic mass is 35.5. The molecule has 56 heavy (non-hydrogen) atoms. The lowest BCUT2D eigenvalue weighted by Gasteiger charge is -2.39. The maximum absolute atomic E-state index is 12.3. The number of carbonyl (C=O) groups excluding carboxylic acids is 2. The highest BCUT2D eigenvalue weighted by Crippen LogP contribution is 2.31. The van der Waals surface area contributed by atoms with Gasteiger partial charge in [0.05, 0.1) is 18.8 Å². The van der Waals surface area contributed by atoms with Crippen LogP contribution in [-0.2, 0) is 36.6 Å². The molecule has 4 heterocycles. The van der Waals surface area contributed by atoms with Gasteiger partial charge < -0.3 is 29.2 Å². The van der Waals surface area contributed by atoms with Gasteiger partial charge in [-0.2, -0.15) is 0 Å². The molecule has 0 aliphatic carbocycles. The minimum absolute atomic E-state index is 0. The van der Waals surface area contributed by atoms with Gasteiger partial charge in [-0.25, -0.2) is 4.79 Å². The highest BCUT2D eigenvalue weighted by Gasteiger charge is 2.39. The highest BCUT2D eigenvalue weighted by molar-refractivity contribution is 6.30. The molecule has 10 nitrogen and oxygen atoms in total. The van der Waals surface area contributed by atoms with Crippen molar-refractivity contribution in [1.29, 1.82) is 0 Å². The van der Waals surface area contributed by atoms with Gasteiger partial charge >= 0.3 is 12.1 Å². The summed E-state index contributed by atoms with van der Waals surface area (Å²) < 4.78 is 21.3. The lowest BCUT2D eigenvalue weighted by atomic mass is 9.99. The van der Waals surface area contributed by atoms with Gasteiger partial charge in [-0.3, -0.25) is 14.6 Å². The van der Waals surface area contributed by atoms with Gasteiger partial charge in [0.1, 0.15) is 5.60 Å². The normalized spacial score (nSPS) is 23.6. The molecule has 0 saturated carbocycles. The Balaban J connectivity index is 0.000000265. The van der Waals surface area contributed by atoms with Crippen molar-refractivity contribution in [3.05, 3.63) is 69.7 Å². The molecular formula is C44H70Cl2N4O6. The Morgan fingerprint density at radius 1 is 0.750 bits per heavy atom. The number of rotatable bonds is 9. The Hall–Kier alpha value is -2.44. The molecule has 2 aromatic carbocycles. The van der Waals surface area contributed by atoms with Crippen molar-refractivity contribution in [2.24, 2.45) is 0 Å². The zero-order valence-electron chi connectivity index (χ0n) is 34.2. The summed E-state index contributed by atoms with van der Waals surface area (Å²) in [6.07, 6.45) is 9.23. The molecule has 4 atom stereocenters. The molecule has 6 rings (SSSR count). The molecule has 0 radical (unpaired) electrons. The molecule has 0 spiro atoms. The number of piperidine rings is 2. The molecule has 1 amide bonds. The Kier molecular flexibility index (Phi) is 20.4. The van der Waals surface area contributed by atoms with Gasteiger partial charge in [-0.15, -0.1) is 0 Å². The van der Waals surface area contributed by atoms with Gasteiger partial charge in [-0.1, -0.05) is 54.9 Å². The van der Waals surface area contributed by atoms with Crippen molar-refractivity contribution in [3.8, 4) is 0 Å². The molecule has 0 bridgehead atoms. The Labute approximate surface area is 347 Å². The first kappa shape index (κ1) is 47.9. The van der Waals surface area contributed by atoms with Crippen LogP contribution in [0.5, 0.6) is 0 Å². The van der Waals surface area contributed by atoms with E-state index in [1.165, 1.54) is 30.9 Å². The third-order valence-corrected chi connectivity index (χ3v) is 11.5. The SMILES string of the molecule is C.CCOC(C)=O.CO[C@H]1C[C@H](Cc2ccc(Cl)cc2)N(C2CCN(C(=O)OC(C)(C)C)CC2)C1.CO[C@H]1C[C@H](Cc2ccc(Cl)cc2)N(C2CCNCC2)C1. The van der Waals surface area contributed by atoms with Gasteiger partial charge in [0.15, 0.2) is 0 Å². The van der Waals surface area contributed by atoms with E-state index < -0.39 is 5.60 Å². The Bertz CT molecular complexity index is 1430. The number of hydrogen-bond donors (Lipinski definition) is 1. The van der Waals surface area contributed by atoms with Crippen LogP contribution in [0.4, 0.5) is 4.79 Å². The van der Waals surface area contributed by atoms with Gasteiger partial charge in [0.2, 0.25) is 0 Å². The van der Waals surface area contributed by atoms with Crippen LogP contribution < -0.4 is 5.32 Å². The molecule has 4 saturated heterocycles. The maximum atomic E-state index is 12.3. The van der Waals surface area contributed by atoms with Crippen molar-refractivity contribution in [2.75, 3.05) is 60.1 Å². The van der Waals surface area contributed by atoms with E-state index in [-0.39, 0.29) is 25.6 Å². The first-order chi connectivity index (χ1) is 26.3. The van der Waals surface area contributed by atoms with E-state index in [2.05, 4.69) is 44.1 Å². The molecular weight excluding hydrogens is 751 g/mol. The second-order valence-corrected chi connectivity index (χ2v) is 17.0. The van der Waals surface area contributed by atoms with Crippen molar-refractivity contribution in [3.63, 3.8) is 0 Å². The molecule has 2 aromatic rings. The predicted octanol–water partition coefficient (Wildman–Crippen LogP) is 8.30. The van der Waals surface area contributed by atoms with E-state index in [1.807, 2.05) is 57.0 Å². The van der Waals surface area contributed by atoms with E-state index in [4.69, 9.17) is 37.4 Å². The monoisotopic (exact) mass is 820 g/mol. The second-order valence-electron chi connectivity index (χ2n) is 16.2. The summed E-state index contributed by atoms with van der Waals surface area (Å²) in [5.41, 5.74) is 2.24. The van der Waals surface area contributed by atoms with Crippen molar-refractivity contribution < 1.29 is 28.5 Å². The van der Waals surface area contributed by atoms with Crippen LogP contribution in [0.3, 0.4) is 0 Å².